The molecule has 1 atom stereocenters. The molecule has 0 saturated carbocycles. The monoisotopic (exact) mass is 165 g/mol. The Morgan fingerprint density at radius 2 is 2.56 bits per heavy atom. The molecule has 50 valence electrons. The molecule has 0 radical (unpaired) electrons. The highest BCUT2D eigenvalue weighted by atomic mass is 32.2. The van der Waals surface area contributed by atoms with E-state index in [1.54, 1.807) is 0 Å². The molecule has 0 aliphatic heterocycles. The van der Waals surface area contributed by atoms with E-state index < -0.39 is 11.3 Å². The average Bonchev–Trinajstić information content (AvgIpc) is 2.13. The van der Waals surface area contributed by atoms with Crippen molar-refractivity contribution in [3.8, 4) is 0 Å². The maximum atomic E-state index is 10.1. The van der Waals surface area contributed by atoms with Gasteiger partial charge in [-0.05, 0) is 17.4 Å². The minimum absolute atomic E-state index is 0.108. The normalized spacial score (nSPS) is 13.4. The lowest BCUT2D eigenvalue weighted by Gasteiger charge is -2.00. The van der Waals surface area contributed by atoms with Crippen molar-refractivity contribution in [3.05, 3.63) is 4.77 Å². The van der Waals surface area contributed by atoms with E-state index >= 15 is 0 Å². The summed E-state index contributed by atoms with van der Waals surface area (Å²) in [6, 6.07) is 0. The van der Waals surface area contributed by atoms with Gasteiger partial charge in [-0.15, -0.1) is 0 Å². The average molecular weight is 165 g/mol. The Kier molecular flexibility index (Phi) is 1.69. The van der Waals surface area contributed by atoms with Crippen molar-refractivity contribution in [1.29, 1.82) is 0 Å². The van der Waals surface area contributed by atoms with E-state index in [4.69, 9.17) is 0 Å². The SMILES string of the molecule is O=S([O-])n1[nH]nnc1=S. The van der Waals surface area contributed by atoms with E-state index in [-0.39, 0.29) is 4.77 Å². The summed E-state index contributed by atoms with van der Waals surface area (Å²) in [7, 11) is 0. The highest BCUT2D eigenvalue weighted by Crippen LogP contribution is 1.81. The molecule has 0 aromatic carbocycles. The number of hydrogen-bond donors (Lipinski definition) is 1. The van der Waals surface area contributed by atoms with Crippen molar-refractivity contribution in [2.24, 2.45) is 0 Å². The van der Waals surface area contributed by atoms with Gasteiger partial charge in [0.15, 0.2) is 0 Å². The van der Waals surface area contributed by atoms with E-state index in [9.17, 15) is 8.76 Å². The molecule has 0 fully saturated rings. The van der Waals surface area contributed by atoms with E-state index in [2.05, 4.69) is 22.5 Å². The van der Waals surface area contributed by atoms with Crippen LogP contribution in [0.1, 0.15) is 0 Å². The number of nitrogens with zero attached hydrogens (tertiary/aromatic N) is 3. The first kappa shape index (κ1) is 6.52. The van der Waals surface area contributed by atoms with Crippen LogP contribution in [0.5, 0.6) is 0 Å². The van der Waals surface area contributed by atoms with Crippen LogP contribution < -0.4 is 0 Å². The maximum absolute atomic E-state index is 10.1. The van der Waals surface area contributed by atoms with Gasteiger partial charge in [-0.2, -0.15) is 9.30 Å². The van der Waals surface area contributed by atoms with Crippen LogP contribution in [0.25, 0.3) is 0 Å². The molecule has 1 N–H and O–H groups in total. The highest BCUT2D eigenvalue weighted by molar-refractivity contribution is 7.78. The zero-order valence-corrected chi connectivity index (χ0v) is 5.61. The number of aromatic amines is 1. The van der Waals surface area contributed by atoms with Gasteiger partial charge in [0.05, 0.1) is 11.3 Å². The zero-order chi connectivity index (χ0) is 6.85. The van der Waals surface area contributed by atoms with Crippen LogP contribution in [-0.2, 0) is 11.3 Å². The Hall–Kier alpha value is -0.600. The summed E-state index contributed by atoms with van der Waals surface area (Å²) in [5.74, 6) is 0. The maximum Gasteiger partial charge on any atom is 0.249 e. The Morgan fingerprint density at radius 3 is 2.78 bits per heavy atom. The molecule has 6 nitrogen and oxygen atoms in total. The van der Waals surface area contributed by atoms with E-state index in [1.807, 2.05) is 5.21 Å². The second-order valence-corrected chi connectivity index (χ2v) is 2.26. The molecule has 0 bridgehead atoms. The summed E-state index contributed by atoms with van der Waals surface area (Å²) in [4.78, 5) is 0. The van der Waals surface area contributed by atoms with Gasteiger partial charge in [-0.3, -0.25) is 4.21 Å². The minimum atomic E-state index is -2.43. The highest BCUT2D eigenvalue weighted by Gasteiger charge is 1.90. The first-order valence-corrected chi connectivity index (χ1v) is 3.25. The van der Waals surface area contributed by atoms with E-state index in [0.717, 1.165) is 0 Å². The van der Waals surface area contributed by atoms with Gasteiger partial charge in [0.25, 0.3) is 0 Å². The topological polar surface area (TPSA) is 86.6 Å². The quantitative estimate of drug-likeness (QED) is 0.425. The first-order chi connectivity index (χ1) is 4.22. The van der Waals surface area contributed by atoms with Crippen molar-refractivity contribution in [3.63, 3.8) is 0 Å². The molecule has 0 spiro atoms. The number of rotatable bonds is 1. The van der Waals surface area contributed by atoms with Crippen LogP contribution in [-0.4, -0.2) is 28.4 Å². The largest absolute Gasteiger partial charge is 0.754 e. The standard InChI is InChI=1S/CH2N4O2S2/c6-9(7)5-1(8)2-3-4-5/h(H,6,7)(H,2,4,8)/p-1. The summed E-state index contributed by atoms with van der Waals surface area (Å²) in [5, 5.41) is 8.39. The fourth-order valence-corrected chi connectivity index (χ4v) is 0.818. The molecule has 1 heterocycles. The molecule has 8 heteroatoms. The first-order valence-electron chi connectivity index (χ1n) is 1.81. The van der Waals surface area contributed by atoms with Gasteiger partial charge < -0.3 is 4.55 Å². The van der Waals surface area contributed by atoms with Crippen LogP contribution >= 0.6 is 12.2 Å². The van der Waals surface area contributed by atoms with Crippen LogP contribution in [0.3, 0.4) is 0 Å². The Labute approximate surface area is 57.3 Å². The number of tetrazole rings is 1. The number of hydrogen-bond acceptors (Lipinski definition) is 5. The molecule has 1 aromatic heterocycles. The minimum Gasteiger partial charge on any atom is -0.754 e. The van der Waals surface area contributed by atoms with Gasteiger partial charge in [0, 0.05) is 0 Å². The molecule has 0 aliphatic carbocycles. The van der Waals surface area contributed by atoms with Crippen molar-refractivity contribution >= 4 is 23.5 Å². The number of H-pyrrole nitrogens is 1. The third-order valence-electron chi connectivity index (χ3n) is 0.594. The molecule has 1 rings (SSSR count). The zero-order valence-electron chi connectivity index (χ0n) is 3.97. The van der Waals surface area contributed by atoms with Gasteiger partial charge in [0.1, 0.15) is 0 Å². The Morgan fingerprint density at radius 1 is 1.89 bits per heavy atom. The lowest BCUT2D eigenvalue weighted by atomic mass is 11.4. The summed E-state index contributed by atoms with van der Waals surface area (Å²) < 4.78 is 20.7. The fraction of sp³-hybridized carbons (Fsp3) is 0. The lowest BCUT2D eigenvalue weighted by molar-refractivity contribution is 0.518. The second kappa shape index (κ2) is 2.33. The molecule has 0 aliphatic rings. The summed E-state index contributed by atoms with van der Waals surface area (Å²) in [6.07, 6.45) is 0. The predicted molar refractivity (Wildman–Crippen MR) is 29.5 cm³/mol. The molecular weight excluding hydrogens is 164 g/mol. The molecule has 9 heavy (non-hydrogen) atoms. The van der Waals surface area contributed by atoms with E-state index in [1.165, 1.54) is 0 Å². The van der Waals surface area contributed by atoms with Crippen LogP contribution in [0.4, 0.5) is 0 Å². The number of aromatic nitrogens is 4. The molecular formula is CHN4O2S2-. The summed E-state index contributed by atoms with van der Waals surface area (Å²) >= 11 is 2.00. The fourth-order valence-electron chi connectivity index (χ4n) is 0.286. The Bertz CT molecular complexity index is 274. The van der Waals surface area contributed by atoms with Crippen LogP contribution in [0, 0.1) is 4.77 Å². The summed E-state index contributed by atoms with van der Waals surface area (Å²) in [6.45, 7) is 0. The van der Waals surface area contributed by atoms with Crippen LogP contribution in [0.15, 0.2) is 0 Å². The van der Waals surface area contributed by atoms with Crippen molar-refractivity contribution in [2.45, 2.75) is 0 Å². The molecule has 0 amide bonds. The molecule has 0 saturated heterocycles. The van der Waals surface area contributed by atoms with Crippen LogP contribution in [0.2, 0.25) is 0 Å². The van der Waals surface area contributed by atoms with Gasteiger partial charge >= 0.3 is 0 Å². The molecule has 1 aromatic rings. The van der Waals surface area contributed by atoms with Gasteiger partial charge in [-0.1, -0.05) is 5.10 Å². The van der Waals surface area contributed by atoms with Gasteiger partial charge in [-0.25, -0.2) is 0 Å². The predicted octanol–water partition coefficient (Wildman–Crippen LogP) is -1.02. The molecule has 1 unspecified atom stereocenters. The smallest absolute Gasteiger partial charge is 0.249 e. The second-order valence-electron chi connectivity index (χ2n) is 1.09. The number of nitrogens with one attached hydrogen (secondary N) is 1. The van der Waals surface area contributed by atoms with Crippen molar-refractivity contribution in [2.75, 3.05) is 0 Å². The summed E-state index contributed by atoms with van der Waals surface area (Å²) in [5.41, 5.74) is 0. The third kappa shape index (κ3) is 1.20. The van der Waals surface area contributed by atoms with Crippen molar-refractivity contribution in [1.82, 2.24) is 19.6 Å². The van der Waals surface area contributed by atoms with Gasteiger partial charge in [0.2, 0.25) is 4.77 Å². The van der Waals surface area contributed by atoms with Crippen molar-refractivity contribution < 1.29 is 8.76 Å². The lowest BCUT2D eigenvalue weighted by Crippen LogP contribution is -2.04. The van der Waals surface area contributed by atoms with E-state index in [0.29, 0.717) is 4.09 Å². The third-order valence-corrected chi connectivity index (χ3v) is 1.53. The Balaban J connectivity index is 3.24.